The maximum absolute atomic E-state index is 11.5. The van der Waals surface area contributed by atoms with Crippen molar-refractivity contribution in [2.24, 2.45) is 0 Å². The molecule has 0 unspecified atom stereocenters. The lowest BCUT2D eigenvalue weighted by atomic mass is 10.1. The van der Waals surface area contributed by atoms with Crippen molar-refractivity contribution in [2.45, 2.75) is 25.8 Å². The molecule has 1 aromatic rings. The highest BCUT2D eigenvalue weighted by Gasteiger charge is 2.21. The molecule has 0 aromatic heterocycles. The van der Waals surface area contributed by atoms with Gasteiger partial charge in [-0.3, -0.25) is 0 Å². The molecular weight excluding hydrogens is 232 g/mol. The predicted octanol–water partition coefficient (Wildman–Crippen LogP) is 1.91. The van der Waals surface area contributed by atoms with Gasteiger partial charge in [0.2, 0.25) is 0 Å². The van der Waals surface area contributed by atoms with Gasteiger partial charge < -0.3 is 15.7 Å². The lowest BCUT2D eigenvalue weighted by Gasteiger charge is -2.15. The summed E-state index contributed by atoms with van der Waals surface area (Å²) in [5, 5.41) is 14.2. The van der Waals surface area contributed by atoms with Crippen molar-refractivity contribution < 1.29 is 14.7 Å². The van der Waals surface area contributed by atoms with Gasteiger partial charge in [-0.25, -0.2) is 9.59 Å². The normalized spacial score (nSPS) is 11.6. The Morgan fingerprint density at radius 2 is 1.94 bits per heavy atom. The molecule has 3 N–H and O–H groups in total. The molecule has 0 saturated heterocycles. The third kappa shape index (κ3) is 4.45. The van der Waals surface area contributed by atoms with Gasteiger partial charge in [0.05, 0.1) is 0 Å². The van der Waals surface area contributed by atoms with Crippen LogP contribution in [0.25, 0.3) is 0 Å². The Balaban J connectivity index is 2.59. The second-order valence-electron chi connectivity index (χ2n) is 3.94. The number of hydrogen-bond acceptors (Lipinski definition) is 2. The molecule has 18 heavy (non-hydrogen) atoms. The summed E-state index contributed by atoms with van der Waals surface area (Å²) in [6.07, 6.45) is 1.85. The molecule has 0 aliphatic heterocycles. The minimum Gasteiger partial charge on any atom is -0.479 e. The Hall–Kier alpha value is -2.04. The van der Waals surface area contributed by atoms with Crippen LogP contribution in [0, 0.1) is 0 Å². The van der Waals surface area contributed by atoms with Crippen LogP contribution < -0.4 is 10.6 Å². The topological polar surface area (TPSA) is 78.4 Å². The van der Waals surface area contributed by atoms with Gasteiger partial charge >= 0.3 is 12.0 Å². The second kappa shape index (κ2) is 7.32. The van der Waals surface area contributed by atoms with Crippen LogP contribution in [0.3, 0.4) is 0 Å². The first kappa shape index (κ1) is 14.0. The van der Waals surface area contributed by atoms with Gasteiger partial charge in [0, 0.05) is 6.54 Å². The molecule has 0 fully saturated rings. The summed E-state index contributed by atoms with van der Waals surface area (Å²) in [5.41, 5.74) is 0.552. The number of hydrogen-bond donors (Lipinski definition) is 3. The first-order valence-corrected chi connectivity index (χ1v) is 5.97. The molecule has 0 radical (unpaired) electrons. The summed E-state index contributed by atoms with van der Waals surface area (Å²) in [6.45, 7) is 2.56. The monoisotopic (exact) mass is 250 g/mol. The first-order chi connectivity index (χ1) is 8.65. The van der Waals surface area contributed by atoms with Gasteiger partial charge in [-0.1, -0.05) is 43.7 Å². The molecule has 5 heteroatoms. The van der Waals surface area contributed by atoms with Crippen molar-refractivity contribution in [1.29, 1.82) is 0 Å². The molecule has 0 heterocycles. The van der Waals surface area contributed by atoms with E-state index in [1.165, 1.54) is 0 Å². The number of carbonyl (C=O) groups excluding carboxylic acids is 1. The van der Waals surface area contributed by atoms with Crippen LogP contribution in [0.4, 0.5) is 4.79 Å². The molecule has 1 aromatic carbocycles. The van der Waals surface area contributed by atoms with Crippen LogP contribution in [0.1, 0.15) is 31.4 Å². The molecule has 0 bridgehead atoms. The zero-order valence-electron chi connectivity index (χ0n) is 10.3. The number of amides is 2. The Bertz CT molecular complexity index is 392. The minimum atomic E-state index is -1.08. The van der Waals surface area contributed by atoms with Gasteiger partial charge in [0.15, 0.2) is 6.04 Å². The standard InChI is InChI=1S/C13H18N2O3/c1-2-3-9-14-13(18)15-11(12(16)17)10-7-5-4-6-8-10/h4-8,11H,2-3,9H2,1H3,(H,16,17)(H2,14,15,18)/t11-/m0/s1. The van der Waals surface area contributed by atoms with E-state index in [1.54, 1.807) is 30.3 Å². The van der Waals surface area contributed by atoms with Crippen molar-refractivity contribution in [3.63, 3.8) is 0 Å². The van der Waals surface area contributed by atoms with Gasteiger partial charge in [0.1, 0.15) is 0 Å². The van der Waals surface area contributed by atoms with Gasteiger partial charge in [-0.15, -0.1) is 0 Å². The smallest absolute Gasteiger partial charge is 0.330 e. The maximum atomic E-state index is 11.5. The number of nitrogens with one attached hydrogen (secondary N) is 2. The van der Waals surface area contributed by atoms with E-state index < -0.39 is 18.0 Å². The van der Waals surface area contributed by atoms with E-state index in [-0.39, 0.29) is 0 Å². The highest BCUT2D eigenvalue weighted by atomic mass is 16.4. The average molecular weight is 250 g/mol. The number of unbranched alkanes of at least 4 members (excludes halogenated alkanes) is 1. The quantitative estimate of drug-likeness (QED) is 0.675. The van der Waals surface area contributed by atoms with Crippen LogP contribution in [-0.4, -0.2) is 23.7 Å². The van der Waals surface area contributed by atoms with Crippen LogP contribution in [0.2, 0.25) is 0 Å². The molecule has 1 rings (SSSR count). The first-order valence-electron chi connectivity index (χ1n) is 5.97. The van der Waals surface area contributed by atoms with Crippen LogP contribution in [-0.2, 0) is 4.79 Å². The van der Waals surface area contributed by atoms with E-state index in [9.17, 15) is 9.59 Å². The van der Waals surface area contributed by atoms with Gasteiger partial charge in [-0.2, -0.15) is 0 Å². The van der Waals surface area contributed by atoms with E-state index in [0.717, 1.165) is 12.8 Å². The average Bonchev–Trinajstić information content (AvgIpc) is 2.37. The van der Waals surface area contributed by atoms with Crippen molar-refractivity contribution in [3.05, 3.63) is 35.9 Å². The number of carbonyl (C=O) groups is 2. The van der Waals surface area contributed by atoms with Gasteiger partial charge in [-0.05, 0) is 12.0 Å². The molecule has 5 nitrogen and oxygen atoms in total. The third-order valence-electron chi connectivity index (χ3n) is 2.47. The summed E-state index contributed by atoms with van der Waals surface area (Å²) < 4.78 is 0. The van der Waals surface area contributed by atoms with E-state index in [0.29, 0.717) is 12.1 Å². The van der Waals surface area contributed by atoms with E-state index in [1.807, 2.05) is 6.92 Å². The van der Waals surface area contributed by atoms with Gasteiger partial charge in [0.25, 0.3) is 0 Å². The zero-order chi connectivity index (χ0) is 13.4. The van der Waals surface area contributed by atoms with Crippen LogP contribution in [0.15, 0.2) is 30.3 Å². The number of benzene rings is 1. The summed E-state index contributed by atoms with van der Waals surface area (Å²) in [6, 6.07) is 7.14. The molecule has 0 saturated carbocycles. The highest BCUT2D eigenvalue weighted by molar-refractivity contribution is 5.83. The Morgan fingerprint density at radius 1 is 1.28 bits per heavy atom. The summed E-state index contributed by atoms with van der Waals surface area (Å²) in [4.78, 5) is 22.6. The van der Waals surface area contributed by atoms with E-state index in [2.05, 4.69) is 10.6 Å². The zero-order valence-corrected chi connectivity index (χ0v) is 10.3. The van der Waals surface area contributed by atoms with Crippen molar-refractivity contribution in [1.82, 2.24) is 10.6 Å². The van der Waals surface area contributed by atoms with Crippen molar-refractivity contribution >= 4 is 12.0 Å². The maximum Gasteiger partial charge on any atom is 0.330 e. The fourth-order valence-electron chi connectivity index (χ4n) is 1.49. The number of aliphatic carboxylic acids is 1. The fraction of sp³-hybridized carbons (Fsp3) is 0.385. The number of urea groups is 1. The Labute approximate surface area is 106 Å². The summed E-state index contributed by atoms with van der Waals surface area (Å²) in [7, 11) is 0. The summed E-state index contributed by atoms with van der Waals surface area (Å²) >= 11 is 0. The Morgan fingerprint density at radius 3 is 2.50 bits per heavy atom. The lowest BCUT2D eigenvalue weighted by Crippen LogP contribution is -2.41. The largest absolute Gasteiger partial charge is 0.479 e. The molecule has 0 aliphatic rings. The number of carboxylic acid groups (broad SMARTS) is 1. The van der Waals surface area contributed by atoms with Crippen molar-refractivity contribution in [3.8, 4) is 0 Å². The second-order valence-corrected chi connectivity index (χ2v) is 3.94. The van der Waals surface area contributed by atoms with E-state index in [4.69, 9.17) is 5.11 Å². The van der Waals surface area contributed by atoms with Crippen LogP contribution >= 0.6 is 0 Å². The molecule has 98 valence electrons. The fourth-order valence-corrected chi connectivity index (χ4v) is 1.49. The SMILES string of the molecule is CCCCNC(=O)N[C@H](C(=O)O)c1ccccc1. The molecule has 1 atom stereocenters. The molecule has 2 amide bonds. The summed E-state index contributed by atoms with van der Waals surface area (Å²) in [5.74, 6) is -1.08. The highest BCUT2D eigenvalue weighted by Crippen LogP contribution is 2.12. The Kier molecular flexibility index (Phi) is 5.70. The molecular formula is C13H18N2O3. The van der Waals surface area contributed by atoms with Crippen molar-refractivity contribution in [2.75, 3.05) is 6.54 Å². The van der Waals surface area contributed by atoms with Crippen LogP contribution in [0.5, 0.6) is 0 Å². The number of carboxylic acids is 1. The van der Waals surface area contributed by atoms with E-state index >= 15 is 0 Å². The third-order valence-corrected chi connectivity index (χ3v) is 2.47. The predicted molar refractivity (Wildman–Crippen MR) is 68.3 cm³/mol. The molecule has 0 spiro atoms. The molecule has 0 aliphatic carbocycles. The minimum absolute atomic E-state index is 0.459. The number of rotatable bonds is 6. The lowest BCUT2D eigenvalue weighted by molar-refractivity contribution is -0.139.